The summed E-state index contributed by atoms with van der Waals surface area (Å²) in [7, 11) is 0. The summed E-state index contributed by atoms with van der Waals surface area (Å²) in [5.41, 5.74) is -1.69. The fourth-order valence-electron chi connectivity index (χ4n) is 13.1. The number of hydrogen-bond acceptors (Lipinski definition) is 13. The normalized spacial score (nSPS) is 52.8. The number of ether oxygens (including phenoxy) is 4. The predicted octanol–water partition coefficient (Wildman–Crippen LogP) is 1.76. The fraction of sp³-hybridized carbons (Fsp3) is 0.951. The van der Waals surface area contributed by atoms with Crippen molar-refractivity contribution in [1.82, 2.24) is 0 Å². The summed E-state index contributed by atoms with van der Waals surface area (Å²) in [4.78, 5) is 0. The van der Waals surface area contributed by atoms with Crippen molar-refractivity contribution in [2.24, 2.45) is 45.3 Å². The van der Waals surface area contributed by atoms with E-state index in [1.807, 2.05) is 20.8 Å². The zero-order valence-corrected chi connectivity index (χ0v) is 33.5. The Morgan fingerprint density at radius 1 is 0.833 bits per heavy atom. The molecule has 0 amide bonds. The van der Waals surface area contributed by atoms with Crippen molar-refractivity contribution in [1.29, 1.82) is 0 Å². The van der Waals surface area contributed by atoms with E-state index in [0.717, 1.165) is 19.3 Å². The third-order valence-corrected chi connectivity index (χ3v) is 16.1. The minimum absolute atomic E-state index is 0.0443. The summed E-state index contributed by atoms with van der Waals surface area (Å²) in [6.07, 6.45) is -7.90. The number of aliphatic hydroxyl groups excluding tert-OH is 8. The van der Waals surface area contributed by atoms with Crippen LogP contribution in [0.1, 0.15) is 107 Å². The monoisotopic (exact) mass is 770 g/mol. The van der Waals surface area contributed by atoms with E-state index in [2.05, 4.69) is 40.7 Å². The molecule has 4 saturated carbocycles. The Morgan fingerprint density at radius 3 is 2.17 bits per heavy atom. The van der Waals surface area contributed by atoms with Gasteiger partial charge in [0.15, 0.2) is 12.6 Å². The van der Waals surface area contributed by atoms with Crippen LogP contribution in [0.25, 0.3) is 0 Å². The molecule has 0 aromatic heterocycles. The molecule has 6 fully saturated rings. The van der Waals surface area contributed by atoms with Crippen molar-refractivity contribution in [2.75, 3.05) is 13.2 Å². The Bertz CT molecular complexity index is 1350. The van der Waals surface area contributed by atoms with Gasteiger partial charge in [0.2, 0.25) is 0 Å². The van der Waals surface area contributed by atoms with Gasteiger partial charge in [0.05, 0.1) is 37.1 Å². The lowest BCUT2D eigenvalue weighted by atomic mass is 9.34. The van der Waals surface area contributed by atoms with Crippen LogP contribution < -0.4 is 0 Å². The molecule has 0 radical (unpaired) electrons. The largest absolute Gasteiger partial charge is 0.394 e. The first-order chi connectivity index (χ1) is 25.0. The van der Waals surface area contributed by atoms with E-state index in [1.54, 1.807) is 0 Å². The van der Waals surface area contributed by atoms with Crippen LogP contribution in [-0.2, 0) is 18.9 Å². The van der Waals surface area contributed by atoms with Gasteiger partial charge in [-0.2, -0.15) is 0 Å². The van der Waals surface area contributed by atoms with E-state index in [-0.39, 0.29) is 30.3 Å². The van der Waals surface area contributed by atoms with Gasteiger partial charge in [-0.3, -0.25) is 0 Å². The van der Waals surface area contributed by atoms with E-state index < -0.39 is 107 Å². The molecule has 20 unspecified atom stereocenters. The molecule has 4 aliphatic carbocycles. The Hall–Kier alpha value is -0.780. The van der Waals surface area contributed by atoms with Crippen LogP contribution in [0.5, 0.6) is 0 Å². The van der Waals surface area contributed by atoms with Gasteiger partial charge in [-0.25, -0.2) is 0 Å². The minimum Gasteiger partial charge on any atom is -0.394 e. The van der Waals surface area contributed by atoms with Crippen LogP contribution in [0.2, 0.25) is 0 Å². The Morgan fingerprint density at radius 2 is 1.52 bits per heavy atom. The van der Waals surface area contributed by atoms with Crippen LogP contribution >= 0.6 is 0 Å². The summed E-state index contributed by atoms with van der Waals surface area (Å²) < 4.78 is 24.8. The molecule has 0 aromatic carbocycles. The first-order valence-corrected chi connectivity index (χ1v) is 20.4. The van der Waals surface area contributed by atoms with Gasteiger partial charge in [0.1, 0.15) is 42.7 Å². The number of fused-ring (bicyclic) bond motifs is 5. The summed E-state index contributed by atoms with van der Waals surface area (Å²) in [6.45, 7) is 16.0. The number of rotatable bonds is 9. The zero-order valence-electron chi connectivity index (χ0n) is 33.5. The highest BCUT2D eigenvalue weighted by Gasteiger charge is 2.73. The SMILES string of the molecule is CC(C)=CCCC(C)(O)C1CCC2(C)C1C(O)CC1C3(C)CCC(O)C(C)(C)C3C(OC3OC(CO)C(O)C(O)C3OC3OCC(O)C(O)C3O)CC12C. The molecule has 9 N–H and O–H groups in total. The highest BCUT2D eigenvalue weighted by molar-refractivity contribution is 5.22. The molecule has 6 rings (SSSR count). The first kappa shape index (κ1) is 42.8. The van der Waals surface area contributed by atoms with Crippen molar-refractivity contribution in [3.63, 3.8) is 0 Å². The molecular formula is C41H70O13. The first-order valence-electron chi connectivity index (χ1n) is 20.4. The molecule has 0 bridgehead atoms. The average molecular weight is 771 g/mol. The summed E-state index contributed by atoms with van der Waals surface area (Å²) >= 11 is 0. The third-order valence-electron chi connectivity index (χ3n) is 16.1. The lowest BCUT2D eigenvalue weighted by Crippen LogP contribution is -2.71. The average Bonchev–Trinajstić information content (AvgIpc) is 3.48. The Labute approximate surface area is 320 Å². The topological polar surface area (TPSA) is 219 Å². The molecule has 2 heterocycles. The number of hydrogen-bond donors (Lipinski definition) is 9. The number of aliphatic hydroxyl groups is 9. The van der Waals surface area contributed by atoms with Gasteiger partial charge < -0.3 is 64.9 Å². The Kier molecular flexibility index (Phi) is 12.0. The quantitative estimate of drug-likeness (QED) is 0.121. The maximum atomic E-state index is 12.2. The number of allylic oxidation sites excluding steroid dienone is 2. The minimum atomic E-state index is -1.68. The molecule has 0 spiro atoms. The highest BCUT2D eigenvalue weighted by atomic mass is 16.8. The van der Waals surface area contributed by atoms with Crippen LogP contribution in [-0.4, -0.2) is 138 Å². The van der Waals surface area contributed by atoms with Crippen LogP contribution in [0.3, 0.4) is 0 Å². The predicted molar refractivity (Wildman–Crippen MR) is 196 cm³/mol. The van der Waals surface area contributed by atoms with Crippen LogP contribution in [0.15, 0.2) is 11.6 Å². The lowest BCUT2D eigenvalue weighted by molar-refractivity contribution is -0.377. The lowest BCUT2D eigenvalue weighted by Gasteiger charge is -2.72. The Balaban J connectivity index is 1.38. The van der Waals surface area contributed by atoms with Gasteiger partial charge in [-0.1, -0.05) is 46.3 Å². The molecule has 2 aliphatic heterocycles. The van der Waals surface area contributed by atoms with Gasteiger partial charge in [-0.15, -0.1) is 0 Å². The van der Waals surface area contributed by atoms with Gasteiger partial charge in [0.25, 0.3) is 0 Å². The van der Waals surface area contributed by atoms with E-state index >= 15 is 0 Å². The van der Waals surface area contributed by atoms with E-state index in [9.17, 15) is 46.0 Å². The van der Waals surface area contributed by atoms with E-state index in [0.29, 0.717) is 32.1 Å². The van der Waals surface area contributed by atoms with Crippen molar-refractivity contribution < 1.29 is 64.9 Å². The second kappa shape index (κ2) is 15.1. The second-order valence-electron chi connectivity index (χ2n) is 19.8. The fourth-order valence-corrected chi connectivity index (χ4v) is 13.1. The molecule has 13 nitrogen and oxygen atoms in total. The maximum Gasteiger partial charge on any atom is 0.187 e. The van der Waals surface area contributed by atoms with E-state index in [1.165, 1.54) is 5.57 Å². The van der Waals surface area contributed by atoms with Crippen molar-refractivity contribution in [3.05, 3.63) is 11.6 Å². The summed E-state index contributed by atoms with van der Waals surface area (Å²) in [6, 6.07) is 0. The molecular weight excluding hydrogens is 700 g/mol. The highest BCUT2D eigenvalue weighted by Crippen LogP contribution is 2.76. The summed E-state index contributed by atoms with van der Waals surface area (Å²) in [5.74, 6) is -0.513. The van der Waals surface area contributed by atoms with E-state index in [4.69, 9.17) is 18.9 Å². The second-order valence-corrected chi connectivity index (χ2v) is 19.8. The smallest absolute Gasteiger partial charge is 0.187 e. The molecule has 20 atom stereocenters. The summed E-state index contributed by atoms with van der Waals surface area (Å²) in [5, 5.41) is 99.6. The molecule has 0 aromatic rings. The van der Waals surface area contributed by atoms with Crippen molar-refractivity contribution >= 4 is 0 Å². The van der Waals surface area contributed by atoms with Gasteiger partial charge >= 0.3 is 0 Å². The van der Waals surface area contributed by atoms with Gasteiger partial charge in [0, 0.05) is 0 Å². The maximum absolute atomic E-state index is 12.2. The third kappa shape index (κ3) is 6.86. The van der Waals surface area contributed by atoms with Crippen molar-refractivity contribution in [3.8, 4) is 0 Å². The van der Waals surface area contributed by atoms with Crippen LogP contribution in [0, 0.1) is 45.3 Å². The van der Waals surface area contributed by atoms with Gasteiger partial charge in [-0.05, 0) is 117 Å². The van der Waals surface area contributed by atoms with Crippen LogP contribution in [0.4, 0.5) is 0 Å². The molecule has 13 heteroatoms. The molecule has 2 saturated heterocycles. The molecule has 54 heavy (non-hydrogen) atoms. The van der Waals surface area contributed by atoms with Crippen molar-refractivity contribution in [2.45, 2.75) is 186 Å². The zero-order chi connectivity index (χ0) is 39.9. The molecule has 6 aliphatic rings. The standard InChI is InChI=1S/C41H70O13/c1-20(2)10-9-13-41(8,50)21-11-15-39(6)28(21)22(43)16-26-38(5)14-12-27(45)37(3,4)34(38)24(17-40(26,39)7)52-36-33(31(48)30(47)25(18-42)53-36)54-35-32(49)29(46)23(44)19-51-35/h10,21-36,42-50H,9,11-19H2,1-8H3. The molecule has 312 valence electrons.